The molecule has 0 saturated carbocycles. The van der Waals surface area contributed by atoms with Gasteiger partial charge < -0.3 is 9.84 Å². The smallest absolute Gasteiger partial charge is 0.243 e. The van der Waals surface area contributed by atoms with Crippen molar-refractivity contribution in [3.05, 3.63) is 36.5 Å². The van der Waals surface area contributed by atoms with E-state index in [0.717, 1.165) is 13.1 Å². The number of halogens is 1. The molecule has 8 heteroatoms. The lowest BCUT2D eigenvalue weighted by molar-refractivity contribution is 0.429. The van der Waals surface area contributed by atoms with Crippen molar-refractivity contribution in [3.63, 3.8) is 0 Å². The number of nitrogens with zero attached hydrogens (tertiary/aromatic N) is 2. The monoisotopic (exact) mass is 355 g/mol. The van der Waals surface area contributed by atoms with Crippen LogP contribution in [-0.4, -0.2) is 44.1 Å². The summed E-state index contributed by atoms with van der Waals surface area (Å²) >= 11 is 0. The highest BCUT2D eigenvalue weighted by Gasteiger charge is 2.42. The minimum atomic E-state index is -3.52. The number of aromatic nitrogens is 1. The topological polar surface area (TPSA) is 75.4 Å². The number of benzene rings is 1. The summed E-state index contributed by atoms with van der Waals surface area (Å²) in [5.74, 6) is 1.32. The van der Waals surface area contributed by atoms with Crippen LogP contribution in [0.25, 0.3) is 11.3 Å². The van der Waals surface area contributed by atoms with Gasteiger partial charge in [-0.25, -0.2) is 8.42 Å². The van der Waals surface area contributed by atoms with Gasteiger partial charge in [-0.2, -0.15) is 4.31 Å². The van der Waals surface area contributed by atoms with E-state index in [9.17, 15) is 8.42 Å². The molecule has 0 spiro atoms. The van der Waals surface area contributed by atoms with E-state index in [-0.39, 0.29) is 12.4 Å². The van der Waals surface area contributed by atoms with Crippen molar-refractivity contribution < 1.29 is 12.9 Å². The first-order valence-corrected chi connectivity index (χ1v) is 8.81. The third-order valence-corrected chi connectivity index (χ3v) is 6.45. The predicted octanol–water partition coefficient (Wildman–Crippen LogP) is 1.60. The number of sulfonamides is 1. The molecule has 2 atom stereocenters. The first kappa shape index (κ1) is 16.4. The summed E-state index contributed by atoms with van der Waals surface area (Å²) in [7, 11) is -3.52. The Kier molecular flexibility index (Phi) is 4.46. The van der Waals surface area contributed by atoms with Crippen LogP contribution < -0.4 is 5.32 Å². The second kappa shape index (κ2) is 6.24. The van der Waals surface area contributed by atoms with E-state index in [1.165, 1.54) is 6.20 Å². The van der Waals surface area contributed by atoms with Crippen LogP contribution in [0.5, 0.6) is 0 Å². The van der Waals surface area contributed by atoms with Crippen LogP contribution in [0.4, 0.5) is 0 Å². The van der Waals surface area contributed by atoms with Crippen molar-refractivity contribution in [1.82, 2.24) is 14.8 Å². The fourth-order valence-electron chi connectivity index (χ4n) is 3.40. The first-order valence-electron chi connectivity index (χ1n) is 7.37. The molecule has 1 aromatic carbocycles. The molecule has 0 aliphatic carbocycles. The molecule has 0 bridgehead atoms. The summed E-state index contributed by atoms with van der Waals surface area (Å²) in [6, 6.07) is 8.62. The summed E-state index contributed by atoms with van der Waals surface area (Å²) in [6.45, 7) is 2.98. The van der Waals surface area contributed by atoms with Crippen LogP contribution in [0.15, 0.2) is 45.9 Å². The van der Waals surface area contributed by atoms with E-state index in [4.69, 9.17) is 4.52 Å². The van der Waals surface area contributed by atoms with Crippen LogP contribution in [0.1, 0.15) is 0 Å². The molecule has 1 N–H and O–H groups in total. The molecule has 0 radical (unpaired) electrons. The van der Waals surface area contributed by atoms with Crippen molar-refractivity contribution in [2.24, 2.45) is 11.8 Å². The molecule has 0 unspecified atom stereocenters. The maximum atomic E-state index is 13.0. The molecule has 6 nitrogen and oxygen atoms in total. The van der Waals surface area contributed by atoms with Crippen LogP contribution in [0.2, 0.25) is 0 Å². The van der Waals surface area contributed by atoms with E-state index in [2.05, 4.69) is 10.5 Å². The normalized spacial score (nSPS) is 24.3. The highest BCUT2D eigenvalue weighted by Crippen LogP contribution is 2.34. The molecule has 2 aliphatic rings. The quantitative estimate of drug-likeness (QED) is 0.905. The van der Waals surface area contributed by atoms with Gasteiger partial charge in [-0.15, -0.1) is 12.4 Å². The molecular weight excluding hydrogens is 338 g/mol. The molecule has 3 heterocycles. The second-order valence-electron chi connectivity index (χ2n) is 5.87. The highest BCUT2D eigenvalue weighted by atomic mass is 35.5. The van der Waals surface area contributed by atoms with Crippen molar-refractivity contribution >= 4 is 22.4 Å². The minimum Gasteiger partial charge on any atom is -0.356 e. The van der Waals surface area contributed by atoms with Gasteiger partial charge in [-0.3, -0.25) is 0 Å². The molecule has 124 valence electrons. The molecule has 2 aliphatic heterocycles. The van der Waals surface area contributed by atoms with E-state index in [1.807, 2.05) is 0 Å². The molecule has 2 fully saturated rings. The van der Waals surface area contributed by atoms with Crippen molar-refractivity contribution in [1.29, 1.82) is 0 Å². The standard InChI is InChI=1S/C15H17N3O3S.ClH/c19-22(20,18-9-11-7-16-8-12(11)10-18)15-4-2-1-3-13(15)14-5-6-17-21-14;/h1-6,11-12,16H,7-10H2;1H/t11-,12+;. The van der Waals surface area contributed by atoms with E-state index in [1.54, 1.807) is 34.6 Å². The Morgan fingerprint density at radius 2 is 1.83 bits per heavy atom. The van der Waals surface area contributed by atoms with Gasteiger partial charge in [-0.05, 0) is 37.1 Å². The molecular formula is C15H18ClN3O3S. The van der Waals surface area contributed by atoms with Gasteiger partial charge in [0, 0.05) is 24.7 Å². The average Bonchev–Trinajstić information content (AvgIpc) is 3.23. The van der Waals surface area contributed by atoms with Gasteiger partial charge >= 0.3 is 0 Å². The van der Waals surface area contributed by atoms with Crippen LogP contribution in [0.3, 0.4) is 0 Å². The van der Waals surface area contributed by atoms with Gasteiger partial charge in [0.15, 0.2) is 5.76 Å². The Balaban J connectivity index is 0.00000156. The van der Waals surface area contributed by atoms with Gasteiger partial charge in [0.05, 0.1) is 11.1 Å². The maximum absolute atomic E-state index is 13.0. The maximum Gasteiger partial charge on any atom is 0.243 e. The van der Waals surface area contributed by atoms with Crippen molar-refractivity contribution in [2.45, 2.75) is 4.90 Å². The number of hydrogen-bond acceptors (Lipinski definition) is 5. The van der Waals surface area contributed by atoms with Gasteiger partial charge in [0.1, 0.15) is 0 Å². The number of fused-ring (bicyclic) bond motifs is 1. The fraction of sp³-hybridized carbons (Fsp3) is 0.400. The van der Waals surface area contributed by atoms with Crippen LogP contribution in [0, 0.1) is 11.8 Å². The third kappa shape index (κ3) is 2.78. The molecule has 4 rings (SSSR count). The summed E-state index contributed by atoms with van der Waals surface area (Å²) in [5, 5.41) is 7.00. The summed E-state index contributed by atoms with van der Waals surface area (Å²) in [6.07, 6.45) is 1.52. The predicted molar refractivity (Wildman–Crippen MR) is 87.8 cm³/mol. The zero-order valence-electron chi connectivity index (χ0n) is 12.4. The summed E-state index contributed by atoms with van der Waals surface area (Å²) < 4.78 is 32.8. The van der Waals surface area contributed by atoms with E-state index in [0.29, 0.717) is 41.1 Å². The minimum absolute atomic E-state index is 0. The zero-order chi connectivity index (χ0) is 15.2. The van der Waals surface area contributed by atoms with Gasteiger partial charge in [-0.1, -0.05) is 17.3 Å². The molecule has 2 saturated heterocycles. The molecule has 0 amide bonds. The highest BCUT2D eigenvalue weighted by molar-refractivity contribution is 7.89. The number of nitrogens with one attached hydrogen (secondary N) is 1. The van der Waals surface area contributed by atoms with Gasteiger partial charge in [0.25, 0.3) is 0 Å². The Morgan fingerprint density at radius 1 is 1.13 bits per heavy atom. The fourth-order valence-corrected chi connectivity index (χ4v) is 5.15. The summed E-state index contributed by atoms with van der Waals surface area (Å²) in [5.41, 5.74) is 0.565. The third-order valence-electron chi connectivity index (χ3n) is 4.56. The van der Waals surface area contributed by atoms with Gasteiger partial charge in [0.2, 0.25) is 10.0 Å². The lowest BCUT2D eigenvalue weighted by Gasteiger charge is -2.19. The van der Waals surface area contributed by atoms with E-state index < -0.39 is 10.0 Å². The number of hydrogen-bond donors (Lipinski definition) is 1. The Morgan fingerprint density at radius 3 is 2.48 bits per heavy atom. The van der Waals surface area contributed by atoms with Crippen molar-refractivity contribution in [2.75, 3.05) is 26.2 Å². The molecule has 1 aromatic heterocycles. The zero-order valence-corrected chi connectivity index (χ0v) is 14.0. The largest absolute Gasteiger partial charge is 0.356 e. The van der Waals surface area contributed by atoms with Crippen LogP contribution >= 0.6 is 12.4 Å². The number of rotatable bonds is 3. The molecule has 23 heavy (non-hydrogen) atoms. The summed E-state index contributed by atoms with van der Waals surface area (Å²) in [4.78, 5) is 0.291. The average molecular weight is 356 g/mol. The molecule has 2 aromatic rings. The van der Waals surface area contributed by atoms with E-state index >= 15 is 0 Å². The Hall–Kier alpha value is -1.41. The Labute approximate surface area is 141 Å². The SMILES string of the molecule is Cl.O=S(=O)(c1ccccc1-c1ccno1)N1C[C@H]2CNC[C@H]2C1. The van der Waals surface area contributed by atoms with Crippen LogP contribution in [-0.2, 0) is 10.0 Å². The van der Waals surface area contributed by atoms with Crippen molar-refractivity contribution in [3.8, 4) is 11.3 Å². The first-order chi connectivity index (χ1) is 10.7. The lowest BCUT2D eigenvalue weighted by atomic mass is 10.0. The lowest BCUT2D eigenvalue weighted by Crippen LogP contribution is -2.32. The second-order valence-corrected chi connectivity index (χ2v) is 7.78. The Bertz CT molecular complexity index is 767.